The Balaban J connectivity index is 2.37. The Hall–Kier alpha value is -3.02. The number of rotatable bonds is 7. The van der Waals surface area contributed by atoms with Crippen LogP contribution in [0.2, 0.25) is 5.04 Å². The van der Waals surface area contributed by atoms with Crippen LogP contribution in [-0.2, 0) is 10.0 Å². The van der Waals surface area contributed by atoms with Gasteiger partial charge in [-0.3, -0.25) is 4.79 Å². The molecule has 3 rings (SSSR count). The molecule has 1 N–H and O–H groups in total. The van der Waals surface area contributed by atoms with E-state index >= 15 is 0 Å². The van der Waals surface area contributed by atoms with E-state index in [-0.39, 0.29) is 20.4 Å². The Morgan fingerprint density at radius 2 is 1.40 bits per heavy atom. The molecule has 0 spiro atoms. The second-order valence-corrected chi connectivity index (χ2v) is 10.0. The molecular formula is C25H24O4Si. The van der Waals surface area contributed by atoms with Crippen LogP contribution in [0.5, 0.6) is 0 Å². The molecule has 3 aromatic rings. The van der Waals surface area contributed by atoms with Crippen molar-refractivity contribution in [2.45, 2.75) is 31.4 Å². The number of aromatic carboxylic acids is 1. The number of carboxylic acid groups (broad SMARTS) is 1. The van der Waals surface area contributed by atoms with Crippen molar-refractivity contribution < 1.29 is 19.1 Å². The zero-order chi connectivity index (χ0) is 21.8. The Morgan fingerprint density at radius 1 is 0.867 bits per heavy atom. The van der Waals surface area contributed by atoms with Crippen LogP contribution in [0, 0.1) is 0 Å². The first-order chi connectivity index (χ1) is 14.3. The van der Waals surface area contributed by atoms with Crippen molar-refractivity contribution in [2.24, 2.45) is 0 Å². The number of carboxylic acids is 1. The molecule has 0 atom stereocenters. The van der Waals surface area contributed by atoms with Crippen molar-refractivity contribution in [3.63, 3.8) is 0 Å². The Kier molecular flexibility index (Phi) is 6.34. The molecule has 0 amide bonds. The molecule has 0 aliphatic rings. The summed E-state index contributed by atoms with van der Waals surface area (Å²) in [4.78, 5) is 23.4. The normalized spacial score (nSPS) is 11.8. The fraction of sp³-hybridized carbons (Fsp3) is 0.200. The fourth-order valence-corrected chi connectivity index (χ4v) is 4.11. The van der Waals surface area contributed by atoms with Crippen LogP contribution >= 0.6 is 0 Å². The maximum absolute atomic E-state index is 11.8. The number of carbonyl (C=O) groups excluding carboxylic acids is 1. The summed E-state index contributed by atoms with van der Waals surface area (Å²) in [5.74, 6) is -1.09. The molecule has 0 aliphatic carbocycles. The Morgan fingerprint density at radius 3 is 1.83 bits per heavy atom. The molecule has 0 aliphatic heterocycles. The third-order valence-corrected chi connectivity index (χ3v) is 5.64. The summed E-state index contributed by atoms with van der Waals surface area (Å²) in [6.07, 6.45) is 0.669. The molecule has 0 unspecified atom stereocenters. The number of aldehydes is 1. The summed E-state index contributed by atoms with van der Waals surface area (Å²) in [5.41, 5.74) is 1.63. The Bertz CT molecular complexity index is 985. The van der Waals surface area contributed by atoms with Crippen LogP contribution in [-0.4, -0.2) is 27.1 Å². The van der Waals surface area contributed by atoms with E-state index in [0.717, 1.165) is 11.1 Å². The number of benzene rings is 3. The van der Waals surface area contributed by atoms with E-state index in [1.165, 1.54) is 6.07 Å². The van der Waals surface area contributed by atoms with Gasteiger partial charge in [0, 0.05) is 5.56 Å². The van der Waals surface area contributed by atoms with Crippen molar-refractivity contribution in [1.82, 2.24) is 0 Å². The minimum Gasteiger partial charge on any atom is -0.478 e. The molecule has 5 heteroatoms. The number of hydrogen-bond acceptors (Lipinski definition) is 3. The zero-order valence-electron chi connectivity index (χ0n) is 17.3. The minimum absolute atomic E-state index is 0.0496. The summed E-state index contributed by atoms with van der Waals surface area (Å²) in [6.45, 7) is 6.28. The van der Waals surface area contributed by atoms with Gasteiger partial charge in [-0.1, -0.05) is 81.4 Å². The Labute approximate surface area is 179 Å². The highest BCUT2D eigenvalue weighted by Crippen LogP contribution is 2.42. The van der Waals surface area contributed by atoms with Crippen molar-refractivity contribution in [2.75, 3.05) is 0 Å². The van der Waals surface area contributed by atoms with Gasteiger partial charge in [-0.05, 0) is 39.9 Å². The van der Waals surface area contributed by atoms with Gasteiger partial charge in [-0.2, -0.15) is 0 Å². The molecule has 3 aromatic carbocycles. The minimum atomic E-state index is -1.09. The predicted molar refractivity (Wildman–Crippen MR) is 118 cm³/mol. The molecule has 4 nitrogen and oxygen atoms in total. The van der Waals surface area contributed by atoms with Crippen LogP contribution in [0.4, 0.5) is 0 Å². The fourth-order valence-electron chi connectivity index (χ4n) is 3.30. The summed E-state index contributed by atoms with van der Waals surface area (Å²) in [7, 11) is 0.123. The van der Waals surface area contributed by atoms with Gasteiger partial charge in [-0.15, -0.1) is 0 Å². The molecular weight excluding hydrogens is 392 g/mol. The standard InChI is InChI=1S/C25H24O4Si/c1-24(2,3)30-29-25(20-10-6-4-7-11-20,21-12-8-5-9-13-21)22-15-18(17-26)14-19(16-22)23(27)28/h4-17H,1-3H3,(H,27,28). The van der Waals surface area contributed by atoms with Gasteiger partial charge in [0.1, 0.15) is 11.9 Å². The lowest BCUT2D eigenvalue weighted by Gasteiger charge is -2.38. The average molecular weight is 417 g/mol. The predicted octanol–water partition coefficient (Wildman–Crippen LogP) is 5.34. The van der Waals surface area contributed by atoms with Gasteiger partial charge < -0.3 is 9.53 Å². The van der Waals surface area contributed by atoms with E-state index in [2.05, 4.69) is 20.8 Å². The van der Waals surface area contributed by atoms with Crippen molar-refractivity contribution in [3.05, 3.63) is 107 Å². The lowest BCUT2D eigenvalue weighted by molar-refractivity contribution is 0.0696. The highest BCUT2D eigenvalue weighted by Gasteiger charge is 2.39. The lowest BCUT2D eigenvalue weighted by Crippen LogP contribution is -2.36. The summed E-state index contributed by atoms with van der Waals surface area (Å²) < 4.78 is 6.71. The molecule has 0 saturated heterocycles. The quantitative estimate of drug-likeness (QED) is 0.321. The van der Waals surface area contributed by atoms with E-state index in [4.69, 9.17) is 4.43 Å². The highest BCUT2D eigenvalue weighted by atomic mass is 28.2. The molecule has 0 heterocycles. The van der Waals surface area contributed by atoms with Gasteiger partial charge >= 0.3 is 5.97 Å². The highest BCUT2D eigenvalue weighted by molar-refractivity contribution is 6.32. The molecule has 152 valence electrons. The topological polar surface area (TPSA) is 63.6 Å². The second kappa shape index (κ2) is 8.77. The summed E-state index contributed by atoms with van der Waals surface area (Å²) in [6, 6.07) is 24.1. The zero-order valence-corrected chi connectivity index (χ0v) is 18.3. The van der Waals surface area contributed by atoms with Crippen molar-refractivity contribution in [3.8, 4) is 0 Å². The first kappa shape index (κ1) is 21.7. The van der Waals surface area contributed by atoms with E-state index < -0.39 is 11.6 Å². The monoisotopic (exact) mass is 416 g/mol. The molecule has 30 heavy (non-hydrogen) atoms. The largest absolute Gasteiger partial charge is 0.478 e. The number of carbonyl (C=O) groups is 2. The van der Waals surface area contributed by atoms with E-state index in [1.807, 2.05) is 60.7 Å². The van der Waals surface area contributed by atoms with Gasteiger partial charge in [0.05, 0.1) is 5.56 Å². The van der Waals surface area contributed by atoms with E-state index in [1.54, 1.807) is 12.1 Å². The van der Waals surface area contributed by atoms with Crippen molar-refractivity contribution in [1.29, 1.82) is 0 Å². The first-order valence-electron chi connectivity index (χ1n) is 9.66. The third kappa shape index (κ3) is 4.58. The molecule has 0 bridgehead atoms. The molecule has 0 fully saturated rings. The number of hydrogen-bond donors (Lipinski definition) is 1. The molecule has 0 saturated carbocycles. The molecule has 0 aromatic heterocycles. The average Bonchev–Trinajstić information content (AvgIpc) is 2.74. The van der Waals surface area contributed by atoms with E-state index in [0.29, 0.717) is 17.4 Å². The maximum atomic E-state index is 11.8. The lowest BCUT2D eigenvalue weighted by atomic mass is 9.79. The van der Waals surface area contributed by atoms with Crippen LogP contribution in [0.1, 0.15) is 58.2 Å². The smallest absolute Gasteiger partial charge is 0.335 e. The third-order valence-electron chi connectivity index (χ3n) is 4.62. The summed E-state index contributed by atoms with van der Waals surface area (Å²) >= 11 is 0. The van der Waals surface area contributed by atoms with Crippen molar-refractivity contribution >= 4 is 22.0 Å². The van der Waals surface area contributed by atoms with E-state index in [9.17, 15) is 14.7 Å². The summed E-state index contributed by atoms with van der Waals surface area (Å²) in [5, 5.41) is 9.54. The van der Waals surface area contributed by atoms with Crippen LogP contribution in [0.25, 0.3) is 0 Å². The van der Waals surface area contributed by atoms with Gasteiger partial charge in [0.15, 0.2) is 0 Å². The SMILES string of the molecule is CC(C)(C)[Si]OC(c1ccccc1)(c1ccccc1)c1cc(C=O)cc(C(=O)O)c1. The van der Waals surface area contributed by atoms with Crippen LogP contribution in [0.15, 0.2) is 78.9 Å². The van der Waals surface area contributed by atoms with Crippen LogP contribution in [0.3, 0.4) is 0 Å². The van der Waals surface area contributed by atoms with Gasteiger partial charge in [0.2, 0.25) is 9.76 Å². The molecule has 2 radical (unpaired) electrons. The van der Waals surface area contributed by atoms with Gasteiger partial charge in [-0.25, -0.2) is 4.79 Å². The second-order valence-electron chi connectivity index (χ2n) is 8.13. The first-order valence-corrected chi connectivity index (χ1v) is 10.6. The van der Waals surface area contributed by atoms with Crippen LogP contribution < -0.4 is 0 Å². The van der Waals surface area contributed by atoms with Gasteiger partial charge in [0.25, 0.3) is 0 Å². The maximum Gasteiger partial charge on any atom is 0.335 e.